The van der Waals surface area contributed by atoms with Gasteiger partial charge in [-0.2, -0.15) is 0 Å². The van der Waals surface area contributed by atoms with E-state index >= 15 is 0 Å². The Kier molecular flexibility index (Phi) is 4.19. The van der Waals surface area contributed by atoms with Gasteiger partial charge in [0.2, 0.25) is 0 Å². The Hall–Kier alpha value is -2.15. The van der Waals surface area contributed by atoms with E-state index < -0.39 is 12.1 Å². The molecule has 0 aromatic carbocycles. The number of aliphatic hydroxyl groups excluding tert-OH is 1. The van der Waals surface area contributed by atoms with Gasteiger partial charge in [0.1, 0.15) is 5.69 Å². The summed E-state index contributed by atoms with van der Waals surface area (Å²) in [5, 5.41) is 21.1. The second kappa shape index (κ2) is 5.87. The average molecular weight is 279 g/mol. The number of aromatic nitrogens is 1. The highest BCUT2D eigenvalue weighted by Gasteiger charge is 2.27. The van der Waals surface area contributed by atoms with E-state index in [2.05, 4.69) is 10.3 Å². The number of nitrogens with one attached hydrogen (secondary N) is 1. The molecule has 2 atom stereocenters. The molecule has 0 radical (unpaired) electrons. The minimum absolute atomic E-state index is 0.0785. The van der Waals surface area contributed by atoms with Crippen LogP contribution in [0.15, 0.2) is 18.3 Å². The number of carbonyl (C=O) groups is 2. The number of aromatic carboxylic acids is 1. The molecule has 1 aliphatic rings. The van der Waals surface area contributed by atoms with Gasteiger partial charge < -0.3 is 20.4 Å². The van der Waals surface area contributed by atoms with E-state index in [1.165, 1.54) is 23.2 Å². The zero-order chi connectivity index (χ0) is 14.7. The zero-order valence-electron chi connectivity index (χ0n) is 11.1. The van der Waals surface area contributed by atoms with Crippen LogP contribution in [0, 0.1) is 5.92 Å². The van der Waals surface area contributed by atoms with Crippen LogP contribution in [0.3, 0.4) is 0 Å². The number of β-amino-alcohol motifs (C(OH)–C–C–N with tert-alkyl or cyclic N) is 1. The number of urea groups is 1. The summed E-state index contributed by atoms with van der Waals surface area (Å²) in [6, 6.07) is 2.49. The molecule has 1 aromatic rings. The monoisotopic (exact) mass is 279 g/mol. The van der Waals surface area contributed by atoms with E-state index in [1.807, 2.05) is 6.92 Å². The lowest BCUT2D eigenvalue weighted by Crippen LogP contribution is -2.47. The molecule has 3 N–H and O–H groups in total. The molecular weight excluding hydrogens is 262 g/mol. The van der Waals surface area contributed by atoms with E-state index in [9.17, 15) is 14.7 Å². The van der Waals surface area contributed by atoms with Gasteiger partial charge in [0.05, 0.1) is 18.0 Å². The lowest BCUT2D eigenvalue weighted by Gasteiger charge is -2.34. The van der Waals surface area contributed by atoms with Crippen LogP contribution in [0.5, 0.6) is 0 Å². The zero-order valence-corrected chi connectivity index (χ0v) is 11.1. The Bertz CT molecular complexity index is 503. The minimum atomic E-state index is -1.11. The number of likely N-dealkylation sites (tertiary alicyclic amines) is 1. The number of aliphatic hydroxyl groups is 1. The first kappa shape index (κ1) is 14.3. The Morgan fingerprint density at radius 1 is 1.45 bits per heavy atom. The molecule has 7 nitrogen and oxygen atoms in total. The van der Waals surface area contributed by atoms with Crippen LogP contribution in [-0.2, 0) is 0 Å². The molecule has 108 valence electrons. The fourth-order valence-corrected chi connectivity index (χ4v) is 2.03. The van der Waals surface area contributed by atoms with Crippen LogP contribution in [0.25, 0.3) is 0 Å². The predicted octanol–water partition coefficient (Wildman–Crippen LogP) is 1.01. The average Bonchev–Trinajstić information content (AvgIpc) is 2.42. The first-order chi connectivity index (χ1) is 9.47. The molecule has 0 bridgehead atoms. The maximum absolute atomic E-state index is 12.0. The van der Waals surface area contributed by atoms with Crippen LogP contribution in [0.2, 0.25) is 0 Å². The normalized spacial score (nSPS) is 22.4. The summed E-state index contributed by atoms with van der Waals surface area (Å²) in [7, 11) is 0. The molecule has 7 heteroatoms. The quantitative estimate of drug-likeness (QED) is 0.750. The number of nitrogens with zero attached hydrogens (tertiary/aromatic N) is 2. The number of piperidine rings is 1. The third-order valence-corrected chi connectivity index (χ3v) is 3.44. The summed E-state index contributed by atoms with van der Waals surface area (Å²) in [6.45, 7) is 2.84. The molecule has 1 fully saturated rings. The Balaban J connectivity index is 1.96. The third-order valence-electron chi connectivity index (χ3n) is 3.44. The minimum Gasteiger partial charge on any atom is -0.477 e. The fraction of sp³-hybridized carbons (Fsp3) is 0.462. The molecule has 1 aromatic heterocycles. The van der Waals surface area contributed by atoms with E-state index in [1.54, 1.807) is 0 Å². The number of pyridine rings is 1. The van der Waals surface area contributed by atoms with Gasteiger partial charge in [-0.25, -0.2) is 14.6 Å². The van der Waals surface area contributed by atoms with Gasteiger partial charge in [-0.05, 0) is 24.5 Å². The molecule has 2 unspecified atom stereocenters. The van der Waals surface area contributed by atoms with Crippen molar-refractivity contribution >= 4 is 17.7 Å². The number of carboxylic acid groups (broad SMARTS) is 1. The number of hydrogen-bond donors (Lipinski definition) is 3. The van der Waals surface area contributed by atoms with Crippen LogP contribution >= 0.6 is 0 Å². The number of rotatable bonds is 2. The second-order valence-electron chi connectivity index (χ2n) is 4.95. The van der Waals surface area contributed by atoms with Crippen molar-refractivity contribution in [3.63, 3.8) is 0 Å². The molecule has 1 saturated heterocycles. The van der Waals surface area contributed by atoms with Gasteiger partial charge >= 0.3 is 12.0 Å². The first-order valence-corrected chi connectivity index (χ1v) is 6.40. The van der Waals surface area contributed by atoms with E-state index in [4.69, 9.17) is 5.11 Å². The highest BCUT2D eigenvalue weighted by atomic mass is 16.4. The van der Waals surface area contributed by atoms with Crippen molar-refractivity contribution in [3.05, 3.63) is 24.0 Å². The smallest absolute Gasteiger partial charge is 0.354 e. The molecule has 1 aliphatic heterocycles. The van der Waals surface area contributed by atoms with Gasteiger partial charge in [-0.1, -0.05) is 6.92 Å². The fourth-order valence-electron chi connectivity index (χ4n) is 2.03. The molecule has 0 saturated carbocycles. The van der Waals surface area contributed by atoms with E-state index in [0.29, 0.717) is 18.8 Å². The summed E-state index contributed by atoms with van der Waals surface area (Å²) in [5.74, 6) is -0.924. The third kappa shape index (κ3) is 3.24. The molecule has 2 heterocycles. The van der Waals surface area contributed by atoms with Crippen molar-refractivity contribution in [3.8, 4) is 0 Å². The topological polar surface area (TPSA) is 103 Å². The lowest BCUT2D eigenvalue weighted by atomic mass is 9.96. The van der Waals surface area contributed by atoms with Gasteiger partial charge in [0.25, 0.3) is 0 Å². The van der Waals surface area contributed by atoms with Crippen molar-refractivity contribution < 1.29 is 19.8 Å². The van der Waals surface area contributed by atoms with Crippen molar-refractivity contribution in [2.45, 2.75) is 19.4 Å². The van der Waals surface area contributed by atoms with Crippen molar-refractivity contribution in [1.29, 1.82) is 0 Å². The van der Waals surface area contributed by atoms with Gasteiger partial charge in [0, 0.05) is 13.1 Å². The van der Waals surface area contributed by atoms with Crippen LogP contribution < -0.4 is 5.32 Å². The van der Waals surface area contributed by atoms with Crippen LogP contribution in [-0.4, -0.2) is 51.3 Å². The molecule has 20 heavy (non-hydrogen) atoms. The molecule has 0 spiro atoms. The second-order valence-corrected chi connectivity index (χ2v) is 4.95. The summed E-state index contributed by atoms with van der Waals surface area (Å²) in [4.78, 5) is 27.9. The summed E-state index contributed by atoms with van der Waals surface area (Å²) in [5.41, 5.74) is 0.346. The highest BCUT2D eigenvalue weighted by molar-refractivity contribution is 5.90. The molecular formula is C13H17N3O4. The molecule has 2 rings (SSSR count). The largest absolute Gasteiger partial charge is 0.477 e. The van der Waals surface area contributed by atoms with Gasteiger partial charge in [-0.15, -0.1) is 0 Å². The summed E-state index contributed by atoms with van der Waals surface area (Å²) < 4.78 is 0. The number of hydrogen-bond acceptors (Lipinski definition) is 4. The first-order valence-electron chi connectivity index (χ1n) is 6.40. The maximum Gasteiger partial charge on any atom is 0.354 e. The Morgan fingerprint density at radius 2 is 2.20 bits per heavy atom. The van der Waals surface area contributed by atoms with Gasteiger partial charge in [-0.3, -0.25) is 0 Å². The van der Waals surface area contributed by atoms with Crippen molar-refractivity contribution in [2.75, 3.05) is 18.4 Å². The van der Waals surface area contributed by atoms with Crippen LogP contribution in [0.4, 0.5) is 10.5 Å². The van der Waals surface area contributed by atoms with Crippen LogP contribution in [0.1, 0.15) is 23.8 Å². The Morgan fingerprint density at radius 3 is 2.75 bits per heavy atom. The van der Waals surface area contributed by atoms with Gasteiger partial charge in [0.15, 0.2) is 0 Å². The number of amides is 2. The Labute approximate surface area is 116 Å². The van der Waals surface area contributed by atoms with Crippen molar-refractivity contribution in [2.24, 2.45) is 5.92 Å². The molecule has 0 aliphatic carbocycles. The number of anilines is 1. The summed E-state index contributed by atoms with van der Waals surface area (Å²) >= 11 is 0. The number of carboxylic acids is 1. The van der Waals surface area contributed by atoms with Crippen molar-refractivity contribution in [1.82, 2.24) is 9.88 Å². The molecule has 2 amide bonds. The van der Waals surface area contributed by atoms with E-state index in [0.717, 1.165) is 6.42 Å². The highest BCUT2D eigenvalue weighted by Crippen LogP contribution is 2.18. The lowest BCUT2D eigenvalue weighted by molar-refractivity contribution is 0.0463. The summed E-state index contributed by atoms with van der Waals surface area (Å²) in [6.07, 6.45) is 1.54. The maximum atomic E-state index is 12.0. The predicted molar refractivity (Wildman–Crippen MR) is 71.6 cm³/mol. The van der Waals surface area contributed by atoms with E-state index in [-0.39, 0.29) is 17.6 Å². The standard InChI is InChI=1S/C13H17N3O4/c1-8-4-5-16(7-11(8)17)13(20)15-9-2-3-10(12(18)19)14-6-9/h2-3,6,8,11,17H,4-5,7H2,1H3,(H,15,20)(H,18,19). The number of carbonyl (C=O) groups excluding carboxylic acids is 1. The SMILES string of the molecule is CC1CCN(C(=O)Nc2ccc(C(=O)O)nc2)CC1O.